The van der Waals surface area contributed by atoms with Crippen molar-refractivity contribution in [2.75, 3.05) is 13.8 Å². The van der Waals surface area contributed by atoms with E-state index >= 15 is 0 Å². The number of nitrogens with zero attached hydrogens (tertiary/aromatic N) is 5. The van der Waals surface area contributed by atoms with Gasteiger partial charge in [-0.3, -0.25) is 4.90 Å². The largest absolute Gasteiger partial charge is 0.454 e. The van der Waals surface area contributed by atoms with Gasteiger partial charge in [-0.2, -0.15) is 4.98 Å². The van der Waals surface area contributed by atoms with Crippen LogP contribution in [-0.2, 0) is 6.54 Å². The molecule has 2 aromatic heterocycles. The molecule has 0 radical (unpaired) electrons. The first kappa shape index (κ1) is 15.5. The molecule has 3 heterocycles. The molecule has 4 rings (SSSR count). The van der Waals surface area contributed by atoms with E-state index in [1.54, 1.807) is 12.5 Å². The second kappa shape index (κ2) is 6.48. The lowest BCUT2D eigenvalue weighted by molar-refractivity contribution is 0.174. The summed E-state index contributed by atoms with van der Waals surface area (Å²) >= 11 is 0. The normalized spacial score (nSPS) is 14.0. The van der Waals surface area contributed by atoms with Crippen molar-refractivity contribution in [3.8, 4) is 22.9 Å². The SMILES string of the molecule is CC(c1ccncn1)N(C)Cc1nc(-c2ccc3c(c2)OCO3)no1. The molecule has 0 saturated carbocycles. The molecular weight excluding hydrogens is 322 g/mol. The molecule has 0 aliphatic carbocycles. The van der Waals surface area contributed by atoms with Gasteiger partial charge in [0.15, 0.2) is 11.5 Å². The first-order chi connectivity index (χ1) is 12.2. The minimum Gasteiger partial charge on any atom is -0.454 e. The summed E-state index contributed by atoms with van der Waals surface area (Å²) in [5.41, 5.74) is 1.76. The molecule has 0 bridgehead atoms. The zero-order valence-corrected chi connectivity index (χ0v) is 13.9. The van der Waals surface area contributed by atoms with E-state index < -0.39 is 0 Å². The number of ether oxygens (including phenoxy) is 2. The zero-order valence-electron chi connectivity index (χ0n) is 13.9. The van der Waals surface area contributed by atoms with E-state index in [0.717, 1.165) is 17.0 Å². The van der Waals surface area contributed by atoms with Gasteiger partial charge >= 0.3 is 0 Å². The molecule has 8 heteroatoms. The number of hydrogen-bond acceptors (Lipinski definition) is 8. The summed E-state index contributed by atoms with van der Waals surface area (Å²) in [6, 6.07) is 7.58. The molecular formula is C17H17N5O3. The van der Waals surface area contributed by atoms with Crippen LogP contribution in [0.25, 0.3) is 11.4 Å². The van der Waals surface area contributed by atoms with Gasteiger partial charge in [0.1, 0.15) is 6.33 Å². The van der Waals surface area contributed by atoms with Crippen LogP contribution in [0, 0.1) is 0 Å². The Morgan fingerprint density at radius 3 is 2.92 bits per heavy atom. The van der Waals surface area contributed by atoms with Crippen LogP contribution in [0.3, 0.4) is 0 Å². The molecule has 3 aromatic rings. The van der Waals surface area contributed by atoms with Crippen molar-refractivity contribution in [3.05, 3.63) is 48.4 Å². The molecule has 1 aliphatic rings. The minimum absolute atomic E-state index is 0.101. The standard InChI is InChI=1S/C17H17N5O3/c1-11(13-5-6-18-9-19-13)22(2)8-16-20-17(21-25-16)12-3-4-14-15(7-12)24-10-23-14/h3-7,9,11H,8,10H2,1-2H3. The van der Waals surface area contributed by atoms with Crippen molar-refractivity contribution in [2.45, 2.75) is 19.5 Å². The van der Waals surface area contributed by atoms with Gasteiger partial charge in [-0.05, 0) is 38.2 Å². The summed E-state index contributed by atoms with van der Waals surface area (Å²) in [5.74, 6) is 2.48. The summed E-state index contributed by atoms with van der Waals surface area (Å²) in [6.07, 6.45) is 3.28. The minimum atomic E-state index is 0.101. The van der Waals surface area contributed by atoms with Gasteiger partial charge in [0.25, 0.3) is 0 Å². The molecule has 128 valence electrons. The first-order valence-corrected chi connectivity index (χ1v) is 7.89. The van der Waals surface area contributed by atoms with Crippen molar-refractivity contribution >= 4 is 0 Å². The molecule has 8 nitrogen and oxygen atoms in total. The number of hydrogen-bond donors (Lipinski definition) is 0. The average Bonchev–Trinajstić information content (AvgIpc) is 3.30. The van der Waals surface area contributed by atoms with Crippen LogP contribution < -0.4 is 9.47 Å². The van der Waals surface area contributed by atoms with Gasteiger partial charge in [-0.15, -0.1) is 0 Å². The number of benzene rings is 1. The quantitative estimate of drug-likeness (QED) is 0.700. The van der Waals surface area contributed by atoms with E-state index in [4.69, 9.17) is 14.0 Å². The summed E-state index contributed by atoms with van der Waals surface area (Å²) in [6.45, 7) is 2.82. The smallest absolute Gasteiger partial charge is 0.241 e. The monoisotopic (exact) mass is 339 g/mol. The van der Waals surface area contributed by atoms with E-state index in [9.17, 15) is 0 Å². The summed E-state index contributed by atoms with van der Waals surface area (Å²) in [4.78, 5) is 14.8. The lowest BCUT2D eigenvalue weighted by Gasteiger charge is -2.22. The fourth-order valence-electron chi connectivity index (χ4n) is 2.60. The van der Waals surface area contributed by atoms with Crippen molar-refractivity contribution in [1.29, 1.82) is 0 Å². The van der Waals surface area contributed by atoms with Crippen LogP contribution in [0.4, 0.5) is 0 Å². The van der Waals surface area contributed by atoms with Crippen LogP contribution in [0.2, 0.25) is 0 Å². The average molecular weight is 339 g/mol. The molecule has 0 saturated heterocycles. The molecule has 1 aliphatic heterocycles. The molecule has 0 N–H and O–H groups in total. The zero-order chi connectivity index (χ0) is 17.2. The maximum atomic E-state index is 5.39. The van der Waals surface area contributed by atoms with Crippen LogP contribution in [0.1, 0.15) is 24.6 Å². The van der Waals surface area contributed by atoms with E-state index in [0.29, 0.717) is 24.0 Å². The Morgan fingerprint density at radius 2 is 2.08 bits per heavy atom. The highest BCUT2D eigenvalue weighted by molar-refractivity contribution is 5.61. The topological polar surface area (TPSA) is 86.4 Å². The van der Waals surface area contributed by atoms with Gasteiger partial charge in [0.05, 0.1) is 12.2 Å². The molecule has 25 heavy (non-hydrogen) atoms. The Balaban J connectivity index is 1.48. The predicted octanol–water partition coefficient (Wildman–Crippen LogP) is 2.45. The van der Waals surface area contributed by atoms with Crippen LogP contribution in [-0.4, -0.2) is 38.8 Å². The predicted molar refractivity (Wildman–Crippen MR) is 87.8 cm³/mol. The van der Waals surface area contributed by atoms with E-state index in [-0.39, 0.29) is 12.8 Å². The van der Waals surface area contributed by atoms with Gasteiger partial charge in [-0.25, -0.2) is 9.97 Å². The van der Waals surface area contributed by atoms with Gasteiger partial charge in [0, 0.05) is 17.8 Å². The Bertz CT molecular complexity index is 868. The maximum Gasteiger partial charge on any atom is 0.241 e. The van der Waals surface area contributed by atoms with Crippen molar-refractivity contribution in [2.24, 2.45) is 0 Å². The van der Waals surface area contributed by atoms with E-state index in [2.05, 4.69) is 31.9 Å². The Kier molecular flexibility index (Phi) is 4.02. The number of fused-ring (bicyclic) bond motifs is 1. The highest BCUT2D eigenvalue weighted by Gasteiger charge is 2.19. The number of rotatable bonds is 5. The molecule has 0 amide bonds. The lowest BCUT2D eigenvalue weighted by Crippen LogP contribution is -2.22. The first-order valence-electron chi connectivity index (χ1n) is 7.89. The van der Waals surface area contributed by atoms with Gasteiger partial charge < -0.3 is 14.0 Å². The van der Waals surface area contributed by atoms with Crippen LogP contribution in [0.15, 0.2) is 41.3 Å². The van der Waals surface area contributed by atoms with Crippen molar-refractivity contribution in [3.63, 3.8) is 0 Å². The Labute approximate surface area is 144 Å². The summed E-state index contributed by atoms with van der Waals surface area (Å²) in [5, 5.41) is 4.06. The third kappa shape index (κ3) is 3.16. The van der Waals surface area contributed by atoms with Crippen molar-refractivity contribution in [1.82, 2.24) is 25.0 Å². The molecule has 1 atom stereocenters. The molecule has 1 unspecified atom stereocenters. The van der Waals surface area contributed by atoms with Gasteiger partial charge in [0.2, 0.25) is 18.5 Å². The van der Waals surface area contributed by atoms with Crippen LogP contribution >= 0.6 is 0 Å². The van der Waals surface area contributed by atoms with Gasteiger partial charge in [-0.1, -0.05) is 5.16 Å². The number of aromatic nitrogens is 4. The Morgan fingerprint density at radius 1 is 1.20 bits per heavy atom. The third-order valence-electron chi connectivity index (χ3n) is 4.18. The maximum absolute atomic E-state index is 5.39. The highest BCUT2D eigenvalue weighted by Crippen LogP contribution is 2.35. The summed E-state index contributed by atoms with van der Waals surface area (Å²) < 4.78 is 16.1. The molecule has 0 fully saturated rings. The fourth-order valence-corrected chi connectivity index (χ4v) is 2.60. The Hall–Kier alpha value is -3.00. The summed E-state index contributed by atoms with van der Waals surface area (Å²) in [7, 11) is 1.98. The highest BCUT2D eigenvalue weighted by atomic mass is 16.7. The second-order valence-electron chi connectivity index (χ2n) is 5.81. The fraction of sp³-hybridized carbons (Fsp3) is 0.294. The molecule has 0 spiro atoms. The van der Waals surface area contributed by atoms with Crippen molar-refractivity contribution < 1.29 is 14.0 Å². The third-order valence-corrected chi connectivity index (χ3v) is 4.18. The van der Waals surface area contributed by atoms with E-state index in [1.807, 2.05) is 31.3 Å². The molecule has 1 aromatic carbocycles. The lowest BCUT2D eigenvalue weighted by atomic mass is 10.2. The second-order valence-corrected chi connectivity index (χ2v) is 5.81. The van der Waals surface area contributed by atoms with Crippen LogP contribution in [0.5, 0.6) is 11.5 Å². The van der Waals surface area contributed by atoms with E-state index in [1.165, 1.54) is 0 Å².